The van der Waals surface area contributed by atoms with E-state index in [-0.39, 0.29) is 11.9 Å². The van der Waals surface area contributed by atoms with Crippen molar-refractivity contribution in [3.63, 3.8) is 0 Å². The van der Waals surface area contributed by atoms with E-state index in [0.29, 0.717) is 6.54 Å². The highest BCUT2D eigenvalue weighted by Gasteiger charge is 2.27. The lowest BCUT2D eigenvalue weighted by Gasteiger charge is -2.32. The van der Waals surface area contributed by atoms with Gasteiger partial charge in [0.2, 0.25) is 0 Å². The lowest BCUT2D eigenvalue weighted by molar-refractivity contribution is -0.917. The highest BCUT2D eigenvalue weighted by Crippen LogP contribution is 2.18. The molecular formula is C24H28ClN3O2+2. The molecule has 0 spiro atoms. The second-order valence-corrected chi connectivity index (χ2v) is 8.21. The van der Waals surface area contributed by atoms with Crippen molar-refractivity contribution in [1.29, 1.82) is 0 Å². The average molecular weight is 426 g/mol. The minimum atomic E-state index is -0.0121. The van der Waals surface area contributed by atoms with E-state index in [4.69, 9.17) is 16.0 Å². The summed E-state index contributed by atoms with van der Waals surface area (Å²) in [5.41, 5.74) is 2.42. The number of amides is 1. The quantitative estimate of drug-likeness (QED) is 0.603. The number of furan rings is 1. The SMILES string of the molecule is O=C(C[NH2+][C@@H](c1ccccc1)c1ccco1)N1CC[NH+](Cc2ccc(Cl)cc2)CC1. The zero-order valence-corrected chi connectivity index (χ0v) is 17.7. The zero-order valence-electron chi connectivity index (χ0n) is 17.0. The van der Waals surface area contributed by atoms with Crippen LogP contribution in [0.3, 0.4) is 0 Å². The Kier molecular flexibility index (Phi) is 6.84. The normalized spacial score (nSPS) is 15.8. The van der Waals surface area contributed by atoms with E-state index in [1.807, 2.05) is 47.4 Å². The number of hydrogen-bond acceptors (Lipinski definition) is 2. The van der Waals surface area contributed by atoms with Crippen LogP contribution >= 0.6 is 11.6 Å². The topological polar surface area (TPSA) is 54.5 Å². The van der Waals surface area contributed by atoms with E-state index in [9.17, 15) is 4.79 Å². The first-order valence-electron chi connectivity index (χ1n) is 10.5. The molecule has 3 aromatic rings. The maximum atomic E-state index is 12.8. The fourth-order valence-corrected chi connectivity index (χ4v) is 4.16. The number of piperazine rings is 1. The lowest BCUT2D eigenvalue weighted by Crippen LogP contribution is -3.13. The predicted octanol–water partition coefficient (Wildman–Crippen LogP) is 1.51. The predicted molar refractivity (Wildman–Crippen MR) is 116 cm³/mol. The molecule has 1 aliphatic heterocycles. The van der Waals surface area contributed by atoms with Gasteiger partial charge in [-0.25, -0.2) is 0 Å². The number of nitrogens with zero attached hydrogens (tertiary/aromatic N) is 1. The van der Waals surface area contributed by atoms with Crippen molar-refractivity contribution >= 4 is 17.5 Å². The summed E-state index contributed by atoms with van der Waals surface area (Å²) in [6, 6.07) is 22.1. The maximum Gasteiger partial charge on any atom is 0.278 e. The van der Waals surface area contributed by atoms with E-state index >= 15 is 0 Å². The molecule has 4 rings (SSSR count). The van der Waals surface area contributed by atoms with Gasteiger partial charge in [-0.1, -0.05) is 54.1 Å². The summed E-state index contributed by atoms with van der Waals surface area (Å²) < 4.78 is 5.64. The van der Waals surface area contributed by atoms with Gasteiger partial charge >= 0.3 is 0 Å². The first-order chi connectivity index (χ1) is 14.7. The Bertz CT molecular complexity index is 921. The molecule has 2 aromatic carbocycles. The monoisotopic (exact) mass is 425 g/mol. The van der Waals surface area contributed by atoms with E-state index in [0.717, 1.165) is 49.1 Å². The number of quaternary nitrogens is 2. The van der Waals surface area contributed by atoms with Crippen LogP contribution in [-0.2, 0) is 11.3 Å². The smallest absolute Gasteiger partial charge is 0.278 e. The molecule has 1 aromatic heterocycles. The van der Waals surface area contributed by atoms with Crippen LogP contribution in [0.2, 0.25) is 5.02 Å². The van der Waals surface area contributed by atoms with Crippen LogP contribution < -0.4 is 10.2 Å². The Morgan fingerprint density at radius 1 is 1.03 bits per heavy atom. The largest absolute Gasteiger partial charge is 0.463 e. The number of halogens is 1. The minimum absolute atomic E-state index is 0.0121. The van der Waals surface area contributed by atoms with Crippen molar-refractivity contribution in [2.45, 2.75) is 12.6 Å². The third-order valence-corrected chi connectivity index (χ3v) is 5.98. The first kappa shape index (κ1) is 20.7. The molecule has 1 atom stereocenters. The maximum absolute atomic E-state index is 12.8. The van der Waals surface area contributed by atoms with Crippen molar-refractivity contribution in [2.75, 3.05) is 32.7 Å². The van der Waals surface area contributed by atoms with Crippen molar-refractivity contribution in [2.24, 2.45) is 0 Å². The third-order valence-electron chi connectivity index (χ3n) is 5.73. The summed E-state index contributed by atoms with van der Waals surface area (Å²) >= 11 is 5.97. The van der Waals surface area contributed by atoms with Crippen molar-refractivity contribution in [3.8, 4) is 0 Å². The van der Waals surface area contributed by atoms with Crippen molar-refractivity contribution in [3.05, 3.63) is 94.9 Å². The van der Waals surface area contributed by atoms with Gasteiger partial charge in [-0.05, 0) is 24.3 Å². The highest BCUT2D eigenvalue weighted by atomic mass is 35.5. The number of benzene rings is 2. The van der Waals surface area contributed by atoms with E-state index in [1.54, 1.807) is 6.26 Å². The van der Waals surface area contributed by atoms with Crippen molar-refractivity contribution in [1.82, 2.24) is 4.90 Å². The molecule has 1 aliphatic rings. The van der Waals surface area contributed by atoms with E-state index in [1.165, 1.54) is 10.5 Å². The number of nitrogens with one attached hydrogen (secondary N) is 1. The number of carbonyl (C=O) groups excluding carboxylic acids is 1. The molecule has 5 nitrogen and oxygen atoms in total. The van der Waals surface area contributed by atoms with Crippen LogP contribution in [-0.4, -0.2) is 43.5 Å². The Hall–Kier alpha value is -2.60. The molecule has 0 radical (unpaired) electrons. The van der Waals surface area contributed by atoms with Gasteiger partial charge < -0.3 is 19.5 Å². The Labute approximate surface area is 182 Å². The van der Waals surface area contributed by atoms with Crippen LogP contribution in [0.25, 0.3) is 0 Å². The van der Waals surface area contributed by atoms with Crippen LogP contribution in [0, 0.1) is 0 Å². The van der Waals surface area contributed by atoms with Crippen LogP contribution in [0.15, 0.2) is 77.4 Å². The number of hydrogen-bond donors (Lipinski definition) is 2. The Morgan fingerprint density at radius 3 is 2.43 bits per heavy atom. The van der Waals surface area contributed by atoms with Crippen LogP contribution in [0.4, 0.5) is 0 Å². The number of rotatable bonds is 7. The molecule has 1 saturated heterocycles. The minimum Gasteiger partial charge on any atom is -0.463 e. The van der Waals surface area contributed by atoms with Gasteiger partial charge in [-0.2, -0.15) is 0 Å². The first-order valence-corrected chi connectivity index (χ1v) is 10.8. The van der Waals surface area contributed by atoms with Gasteiger partial charge in [0.25, 0.3) is 5.91 Å². The third kappa shape index (κ3) is 5.30. The second kappa shape index (κ2) is 9.94. The fraction of sp³-hybridized carbons (Fsp3) is 0.292. The molecule has 1 fully saturated rings. The van der Waals surface area contributed by atoms with E-state index in [2.05, 4.69) is 29.6 Å². The standard InChI is InChI=1S/C24H26ClN3O2/c25-21-10-8-19(9-11-21)18-27-12-14-28(15-13-27)23(29)17-26-24(22-7-4-16-30-22)20-5-2-1-3-6-20/h1-11,16,24,26H,12-15,17-18H2/p+2/t24-/m0/s1. The summed E-state index contributed by atoms with van der Waals surface area (Å²) in [6.45, 7) is 4.91. The average Bonchev–Trinajstić information content (AvgIpc) is 3.31. The molecule has 0 bridgehead atoms. The summed E-state index contributed by atoms with van der Waals surface area (Å²) in [5.74, 6) is 1.05. The van der Waals surface area contributed by atoms with Crippen LogP contribution in [0.5, 0.6) is 0 Å². The zero-order chi connectivity index (χ0) is 20.8. The molecule has 0 aliphatic carbocycles. The summed E-state index contributed by atoms with van der Waals surface area (Å²) in [6.07, 6.45) is 1.68. The molecular weight excluding hydrogens is 398 g/mol. The fourth-order valence-electron chi connectivity index (χ4n) is 4.03. The molecule has 2 heterocycles. The van der Waals surface area contributed by atoms with Gasteiger partial charge in [-0.3, -0.25) is 4.79 Å². The van der Waals surface area contributed by atoms with Crippen LogP contribution in [0.1, 0.15) is 22.9 Å². The Morgan fingerprint density at radius 2 is 1.77 bits per heavy atom. The van der Waals surface area contributed by atoms with E-state index < -0.39 is 0 Å². The molecule has 0 saturated carbocycles. The molecule has 6 heteroatoms. The molecule has 0 unspecified atom stereocenters. The Balaban J connectivity index is 1.29. The summed E-state index contributed by atoms with van der Waals surface area (Å²) in [7, 11) is 0. The molecule has 156 valence electrons. The summed E-state index contributed by atoms with van der Waals surface area (Å²) in [5, 5.41) is 2.84. The van der Waals surface area contributed by atoms with Gasteiger partial charge in [0.15, 0.2) is 18.3 Å². The lowest BCUT2D eigenvalue weighted by atomic mass is 10.0. The highest BCUT2D eigenvalue weighted by molar-refractivity contribution is 6.30. The van der Waals surface area contributed by atoms with Crippen molar-refractivity contribution < 1.29 is 19.4 Å². The number of nitrogens with two attached hydrogens (primary N) is 1. The molecule has 30 heavy (non-hydrogen) atoms. The number of carbonyl (C=O) groups is 1. The van der Waals surface area contributed by atoms with Gasteiger partial charge in [0, 0.05) is 16.1 Å². The van der Waals surface area contributed by atoms with Gasteiger partial charge in [-0.15, -0.1) is 0 Å². The second-order valence-electron chi connectivity index (χ2n) is 7.78. The van der Waals surface area contributed by atoms with Gasteiger partial charge in [0.05, 0.1) is 32.4 Å². The summed E-state index contributed by atoms with van der Waals surface area (Å²) in [4.78, 5) is 16.3. The van der Waals surface area contributed by atoms with Gasteiger partial charge in [0.1, 0.15) is 6.54 Å². The molecule has 1 amide bonds. The molecule has 3 N–H and O–H groups in total.